The van der Waals surface area contributed by atoms with E-state index in [1.54, 1.807) is 0 Å². The Morgan fingerprint density at radius 3 is 1.41 bits per heavy atom. The molecule has 0 atom stereocenters. The molecule has 0 aliphatic carbocycles. The molecule has 0 bridgehead atoms. The van der Waals surface area contributed by atoms with Crippen molar-refractivity contribution < 1.29 is 57.4 Å². The topological polar surface area (TPSA) is 75.2 Å². The summed E-state index contributed by atoms with van der Waals surface area (Å²) in [5, 5.41) is 5.46. The maximum Gasteiger partial charge on any atom is 0.221 e. The van der Waals surface area contributed by atoms with Gasteiger partial charge >= 0.3 is 0 Å². The van der Waals surface area contributed by atoms with E-state index in [2.05, 4.69) is 10.6 Å². The number of pyridine rings is 2. The van der Waals surface area contributed by atoms with Crippen LogP contribution in [0.4, 0.5) is 11.4 Å². The predicted octanol–water partition coefficient (Wildman–Crippen LogP) is -5.10. The van der Waals surface area contributed by atoms with Crippen LogP contribution < -0.4 is 53.7 Å². The van der Waals surface area contributed by atoms with E-state index in [1.165, 1.54) is 13.8 Å². The summed E-state index contributed by atoms with van der Waals surface area (Å²) in [5.74, 6) is -0.160. The SMILES string of the molecule is CC(=O)Nc1cc[n+](CCOCC[n+]2ccc(NC(C)=O)cc2)cc1.[Br-].[Br-]. The molecular formula is C18H24Br2N4O3. The Bertz CT molecular complexity index is 648. The highest BCUT2D eigenvalue weighted by Gasteiger charge is 2.04. The van der Waals surface area contributed by atoms with E-state index in [9.17, 15) is 9.59 Å². The Labute approximate surface area is 180 Å². The van der Waals surface area contributed by atoms with Gasteiger partial charge in [-0.3, -0.25) is 9.59 Å². The molecule has 2 N–H and O–H groups in total. The average molecular weight is 504 g/mol. The highest BCUT2D eigenvalue weighted by atomic mass is 79.9. The summed E-state index contributed by atoms with van der Waals surface area (Å²) in [6.07, 6.45) is 7.63. The number of anilines is 2. The van der Waals surface area contributed by atoms with Gasteiger partial charge in [-0.05, 0) is 0 Å². The summed E-state index contributed by atoms with van der Waals surface area (Å²) < 4.78 is 9.65. The monoisotopic (exact) mass is 502 g/mol. The van der Waals surface area contributed by atoms with Gasteiger partial charge in [0.2, 0.25) is 11.8 Å². The smallest absolute Gasteiger partial charge is 0.221 e. The van der Waals surface area contributed by atoms with Crippen molar-refractivity contribution in [2.24, 2.45) is 0 Å². The molecule has 0 aromatic carbocycles. The molecule has 2 aromatic rings. The van der Waals surface area contributed by atoms with Crippen molar-refractivity contribution in [3.63, 3.8) is 0 Å². The van der Waals surface area contributed by atoms with Crippen molar-refractivity contribution in [2.45, 2.75) is 26.9 Å². The number of nitrogens with one attached hydrogen (secondary N) is 2. The molecule has 27 heavy (non-hydrogen) atoms. The second kappa shape index (κ2) is 13.3. The summed E-state index contributed by atoms with van der Waals surface area (Å²) in [5.41, 5.74) is 1.56. The van der Waals surface area contributed by atoms with Crippen LogP contribution >= 0.6 is 0 Å². The molecule has 148 valence electrons. The number of nitrogens with zero attached hydrogens (tertiary/aromatic N) is 2. The summed E-state index contributed by atoms with van der Waals surface area (Å²) in [6.45, 7) is 5.67. The minimum absolute atomic E-state index is 0. The van der Waals surface area contributed by atoms with Gasteiger partial charge in [0.05, 0.1) is 11.4 Å². The van der Waals surface area contributed by atoms with Crippen molar-refractivity contribution in [1.82, 2.24) is 0 Å². The number of hydrogen-bond donors (Lipinski definition) is 2. The number of halogens is 2. The number of rotatable bonds is 8. The van der Waals surface area contributed by atoms with Gasteiger partial charge in [-0.15, -0.1) is 0 Å². The lowest BCUT2D eigenvalue weighted by atomic mass is 10.4. The highest BCUT2D eigenvalue weighted by Crippen LogP contribution is 2.02. The Morgan fingerprint density at radius 2 is 1.11 bits per heavy atom. The lowest BCUT2D eigenvalue weighted by Gasteiger charge is -2.03. The summed E-state index contributed by atoms with van der Waals surface area (Å²) in [4.78, 5) is 21.9. The minimum Gasteiger partial charge on any atom is -1.00 e. The van der Waals surface area contributed by atoms with Crippen LogP contribution in [0.5, 0.6) is 0 Å². The fourth-order valence-corrected chi connectivity index (χ4v) is 2.23. The molecule has 0 spiro atoms. The minimum atomic E-state index is -0.0799. The van der Waals surface area contributed by atoms with E-state index in [1.807, 2.05) is 58.2 Å². The highest BCUT2D eigenvalue weighted by molar-refractivity contribution is 5.88. The molecular weight excluding hydrogens is 480 g/mol. The molecule has 2 heterocycles. The Hall–Kier alpha value is -1.84. The van der Waals surface area contributed by atoms with Crippen LogP contribution in [0, 0.1) is 0 Å². The van der Waals surface area contributed by atoms with Gasteiger partial charge in [-0.1, -0.05) is 0 Å². The predicted molar refractivity (Wildman–Crippen MR) is 92.7 cm³/mol. The van der Waals surface area contributed by atoms with Crippen molar-refractivity contribution in [1.29, 1.82) is 0 Å². The third-order valence-electron chi connectivity index (χ3n) is 3.41. The first kappa shape index (κ1) is 25.2. The van der Waals surface area contributed by atoms with Gasteiger partial charge in [0, 0.05) is 38.1 Å². The maximum absolute atomic E-state index is 11.0. The van der Waals surface area contributed by atoms with Crippen molar-refractivity contribution in [3.05, 3.63) is 49.1 Å². The zero-order chi connectivity index (χ0) is 18.1. The maximum atomic E-state index is 11.0. The molecule has 0 fully saturated rings. The van der Waals surface area contributed by atoms with Crippen LogP contribution in [0.3, 0.4) is 0 Å². The van der Waals surface area contributed by atoms with E-state index >= 15 is 0 Å². The second-order valence-corrected chi connectivity index (χ2v) is 5.62. The first-order chi connectivity index (χ1) is 12.0. The summed E-state index contributed by atoms with van der Waals surface area (Å²) in [6, 6.07) is 7.42. The molecule has 0 aliphatic heterocycles. The molecule has 7 nitrogen and oxygen atoms in total. The third kappa shape index (κ3) is 10.2. The van der Waals surface area contributed by atoms with Crippen LogP contribution in [0.15, 0.2) is 49.1 Å². The van der Waals surface area contributed by atoms with Gasteiger partial charge in [0.15, 0.2) is 37.9 Å². The zero-order valence-corrected chi connectivity index (χ0v) is 18.5. The van der Waals surface area contributed by atoms with Crippen molar-refractivity contribution in [3.8, 4) is 0 Å². The van der Waals surface area contributed by atoms with E-state index in [4.69, 9.17) is 4.74 Å². The third-order valence-corrected chi connectivity index (χ3v) is 3.41. The average Bonchev–Trinajstić information content (AvgIpc) is 2.56. The Morgan fingerprint density at radius 1 is 0.778 bits per heavy atom. The van der Waals surface area contributed by atoms with Crippen LogP contribution in [-0.4, -0.2) is 25.0 Å². The van der Waals surface area contributed by atoms with E-state index in [0.29, 0.717) is 13.2 Å². The normalized spacial score (nSPS) is 9.56. The number of carbonyl (C=O) groups is 2. The lowest BCUT2D eigenvalue weighted by molar-refractivity contribution is -0.705. The lowest BCUT2D eigenvalue weighted by Crippen LogP contribution is -3.00. The fraction of sp³-hybridized carbons (Fsp3) is 0.333. The molecule has 0 aliphatic rings. The van der Waals surface area contributed by atoms with Gasteiger partial charge in [-0.25, -0.2) is 9.13 Å². The van der Waals surface area contributed by atoms with Crippen molar-refractivity contribution >= 4 is 23.2 Å². The van der Waals surface area contributed by atoms with Crippen LogP contribution in [0.25, 0.3) is 0 Å². The number of hydrogen-bond acceptors (Lipinski definition) is 3. The van der Waals surface area contributed by atoms with Gasteiger partial charge in [0.1, 0.15) is 13.2 Å². The molecule has 2 aromatic heterocycles. The standard InChI is InChI=1S/C18H22N4O3.2BrH/c1-15(23)19-17-3-7-21(8-4-17)11-13-25-14-12-22-9-5-18(6-10-22)20-16(2)24;;/h3-10H,11-14H2,1-2H3;2*1H. The quantitative estimate of drug-likeness (QED) is 0.279. The summed E-state index contributed by atoms with van der Waals surface area (Å²) in [7, 11) is 0. The Balaban J connectivity index is 0.00000338. The second-order valence-electron chi connectivity index (χ2n) is 5.62. The van der Waals surface area contributed by atoms with E-state index in [-0.39, 0.29) is 45.8 Å². The number of ether oxygens (including phenoxy) is 1. The molecule has 0 radical (unpaired) electrons. The molecule has 9 heteroatoms. The van der Waals surface area contributed by atoms with Crippen LogP contribution in [-0.2, 0) is 27.4 Å². The first-order valence-electron chi connectivity index (χ1n) is 8.14. The van der Waals surface area contributed by atoms with Crippen LogP contribution in [0.2, 0.25) is 0 Å². The Kier molecular flexibility index (Phi) is 12.4. The first-order valence-corrected chi connectivity index (χ1v) is 8.14. The number of carbonyl (C=O) groups excluding carboxylic acids is 2. The number of aromatic nitrogens is 2. The van der Waals surface area contributed by atoms with E-state index in [0.717, 1.165) is 24.5 Å². The molecule has 0 saturated carbocycles. The number of amides is 2. The molecule has 0 unspecified atom stereocenters. The molecule has 0 saturated heterocycles. The van der Waals surface area contributed by atoms with Crippen LogP contribution in [0.1, 0.15) is 13.8 Å². The van der Waals surface area contributed by atoms with E-state index < -0.39 is 0 Å². The van der Waals surface area contributed by atoms with Crippen molar-refractivity contribution in [2.75, 3.05) is 23.8 Å². The zero-order valence-electron chi connectivity index (χ0n) is 15.3. The molecule has 2 rings (SSSR count). The largest absolute Gasteiger partial charge is 1.00 e. The van der Waals surface area contributed by atoms with Gasteiger partial charge in [-0.2, -0.15) is 0 Å². The fourth-order valence-electron chi connectivity index (χ4n) is 2.23. The summed E-state index contributed by atoms with van der Waals surface area (Å²) >= 11 is 0. The van der Waals surface area contributed by atoms with Gasteiger partial charge < -0.3 is 49.3 Å². The molecule has 2 amide bonds. The van der Waals surface area contributed by atoms with Gasteiger partial charge in [0.25, 0.3) is 0 Å².